The molecule has 0 radical (unpaired) electrons. The summed E-state index contributed by atoms with van der Waals surface area (Å²) in [5.74, 6) is -0.739. The average Bonchev–Trinajstić information content (AvgIpc) is 3.89. The summed E-state index contributed by atoms with van der Waals surface area (Å²) in [5.41, 5.74) is 1.95. The zero-order valence-corrected chi connectivity index (χ0v) is 26.1. The Balaban J connectivity index is 0.944. The van der Waals surface area contributed by atoms with Crippen LogP contribution in [0.4, 0.5) is 20.3 Å². The molecule has 4 fully saturated rings. The van der Waals surface area contributed by atoms with Crippen LogP contribution in [0.1, 0.15) is 77.7 Å². The summed E-state index contributed by atoms with van der Waals surface area (Å²) in [5, 5.41) is 13.6. The molecule has 2 bridgehead atoms. The molecule has 0 spiro atoms. The number of nitrogens with zero attached hydrogens (tertiary/aromatic N) is 7. The highest BCUT2D eigenvalue weighted by Crippen LogP contribution is 2.34. The number of nitrogens with one attached hydrogen (secondary N) is 2. The molecule has 4 saturated heterocycles. The second-order valence-corrected chi connectivity index (χ2v) is 13.0. The Morgan fingerprint density at radius 2 is 1.94 bits per heavy atom. The lowest BCUT2D eigenvalue weighted by Gasteiger charge is -2.33. The van der Waals surface area contributed by atoms with E-state index in [1.54, 1.807) is 10.9 Å². The molecule has 3 atom stereocenters. The lowest BCUT2D eigenvalue weighted by atomic mass is 9.87. The monoisotopic (exact) mass is 659 g/mol. The number of rotatable bonds is 8. The molecule has 15 heteroatoms. The lowest BCUT2D eigenvalue weighted by Crippen LogP contribution is -2.40. The minimum atomic E-state index is -2.88. The maximum Gasteiger partial charge on any atom is 0.284 e. The molecule has 3 aromatic heterocycles. The van der Waals surface area contributed by atoms with E-state index in [0.29, 0.717) is 57.6 Å². The van der Waals surface area contributed by atoms with Gasteiger partial charge >= 0.3 is 0 Å². The Bertz CT molecular complexity index is 1890. The molecule has 4 aromatic rings. The molecule has 2 N–H and O–H groups in total. The van der Waals surface area contributed by atoms with Crippen molar-refractivity contribution in [3.8, 4) is 0 Å². The molecular formula is C33H35F2N9O4. The van der Waals surface area contributed by atoms with Crippen molar-refractivity contribution in [3.05, 3.63) is 71.3 Å². The van der Waals surface area contributed by atoms with Gasteiger partial charge in [-0.2, -0.15) is 10.2 Å². The average molecular weight is 660 g/mol. The van der Waals surface area contributed by atoms with Crippen LogP contribution in [0.5, 0.6) is 0 Å². The first-order chi connectivity index (χ1) is 23.3. The van der Waals surface area contributed by atoms with Crippen LogP contribution in [-0.2, 0) is 20.9 Å². The highest BCUT2D eigenvalue weighted by atomic mass is 19.3. The van der Waals surface area contributed by atoms with E-state index in [2.05, 4.69) is 30.6 Å². The number of carbonyl (C=O) groups excluding carboxylic acids is 3. The Kier molecular flexibility index (Phi) is 7.87. The zero-order valence-electron chi connectivity index (χ0n) is 26.1. The number of imide groups is 1. The maximum atomic E-state index is 14.2. The molecule has 1 unspecified atom stereocenters. The molecule has 48 heavy (non-hydrogen) atoms. The summed E-state index contributed by atoms with van der Waals surface area (Å²) in [7, 11) is 0. The smallest absolute Gasteiger partial charge is 0.284 e. The van der Waals surface area contributed by atoms with Crippen LogP contribution in [0, 0.1) is 0 Å². The second kappa shape index (κ2) is 12.4. The number of alkyl halides is 2. The number of hydrogen-bond donors (Lipinski definition) is 2. The van der Waals surface area contributed by atoms with E-state index in [9.17, 15) is 23.2 Å². The number of hydrogen-bond acceptors (Lipinski definition) is 9. The minimum Gasteiger partial charge on any atom is -0.374 e. The van der Waals surface area contributed by atoms with Crippen molar-refractivity contribution in [2.75, 3.05) is 36.5 Å². The first-order valence-electron chi connectivity index (χ1n) is 16.4. The van der Waals surface area contributed by atoms with Gasteiger partial charge in [-0.3, -0.25) is 29.3 Å². The van der Waals surface area contributed by atoms with E-state index >= 15 is 0 Å². The van der Waals surface area contributed by atoms with Gasteiger partial charge in [-0.1, -0.05) is 24.3 Å². The molecule has 1 aromatic carbocycles. The van der Waals surface area contributed by atoms with Gasteiger partial charge in [0.15, 0.2) is 11.3 Å². The molecular weight excluding hydrogens is 624 g/mol. The van der Waals surface area contributed by atoms with Crippen molar-refractivity contribution in [2.24, 2.45) is 0 Å². The summed E-state index contributed by atoms with van der Waals surface area (Å²) in [6.45, 7) is 3.39. The number of aromatic nitrogens is 5. The van der Waals surface area contributed by atoms with E-state index in [-0.39, 0.29) is 47.2 Å². The largest absolute Gasteiger partial charge is 0.374 e. The fourth-order valence-electron chi connectivity index (χ4n) is 7.49. The molecule has 250 valence electrons. The third kappa shape index (κ3) is 5.70. The van der Waals surface area contributed by atoms with Crippen molar-refractivity contribution in [1.29, 1.82) is 0 Å². The van der Waals surface area contributed by atoms with Gasteiger partial charge < -0.3 is 15.0 Å². The first kappa shape index (κ1) is 30.6. The Hall–Kier alpha value is -4.76. The highest BCUT2D eigenvalue weighted by molar-refractivity contribution is 6.08. The van der Waals surface area contributed by atoms with E-state index < -0.39 is 18.0 Å². The van der Waals surface area contributed by atoms with Gasteiger partial charge in [0.05, 0.1) is 42.6 Å². The number of fused-ring (bicyclic) bond motifs is 3. The van der Waals surface area contributed by atoms with E-state index in [1.165, 1.54) is 16.9 Å². The number of carbonyl (C=O) groups is 3. The van der Waals surface area contributed by atoms with Crippen LogP contribution in [0.25, 0.3) is 5.65 Å². The van der Waals surface area contributed by atoms with Gasteiger partial charge in [-0.25, -0.2) is 18.3 Å². The topological polar surface area (TPSA) is 139 Å². The molecule has 8 rings (SSSR count). The van der Waals surface area contributed by atoms with Crippen molar-refractivity contribution in [1.82, 2.24) is 34.6 Å². The summed E-state index contributed by atoms with van der Waals surface area (Å²) in [6, 6.07) is 9.76. The molecule has 4 aliphatic rings. The normalized spacial score (nSPS) is 23.4. The second-order valence-electron chi connectivity index (χ2n) is 13.0. The molecule has 13 nitrogen and oxygen atoms in total. The molecule has 3 amide bonds. The van der Waals surface area contributed by atoms with E-state index in [0.717, 1.165) is 29.9 Å². The van der Waals surface area contributed by atoms with Crippen molar-refractivity contribution >= 4 is 34.9 Å². The predicted molar refractivity (Wildman–Crippen MR) is 169 cm³/mol. The third-order valence-electron chi connectivity index (χ3n) is 10.0. The van der Waals surface area contributed by atoms with Crippen LogP contribution in [0.3, 0.4) is 0 Å². The van der Waals surface area contributed by atoms with Crippen LogP contribution >= 0.6 is 0 Å². The number of likely N-dealkylation sites (tertiary alicyclic amines) is 1. The summed E-state index contributed by atoms with van der Waals surface area (Å²) >= 11 is 0. The number of ether oxygens (including phenoxy) is 1. The molecule has 0 saturated carbocycles. The van der Waals surface area contributed by atoms with Crippen LogP contribution < -0.4 is 15.5 Å². The number of benzene rings is 1. The Labute approximate surface area is 274 Å². The summed E-state index contributed by atoms with van der Waals surface area (Å²) < 4.78 is 37.1. The SMILES string of the molecule is O=C1CCC(c2ccccc2CN2CCC(n3cc(NC(=O)c4cnn5ccc(N6C[C@H]7C[C@@H]6CO7)nc45)c(C(F)F)n3)CC2)C(=O)N1. The quantitative estimate of drug-likeness (QED) is 0.273. The lowest BCUT2D eigenvalue weighted by molar-refractivity contribution is -0.134. The number of halogens is 2. The number of morpholine rings is 1. The van der Waals surface area contributed by atoms with Gasteiger partial charge in [0.2, 0.25) is 11.8 Å². The molecule has 7 heterocycles. The standard InChI is InChI=1S/C33H35F2N9O4/c34-30(35)29-26(37-33(47)25-14-36-43-12-9-27(38-31(25)43)42-16-22-13-21(42)18-48-22)17-44(40-29)20-7-10-41(11-8-20)15-19-3-1-2-4-23(19)24-5-6-28(45)39-32(24)46/h1-4,9,12,14,17,20-22,24,30H,5-8,10-11,13,15-16,18H2,(H,37,47)(H,39,45,46)/t21-,22-,24?/m1/s1. The van der Waals surface area contributed by atoms with E-state index in [4.69, 9.17) is 9.72 Å². The number of piperidine rings is 2. The first-order valence-corrected chi connectivity index (χ1v) is 16.4. The maximum absolute atomic E-state index is 14.2. The Morgan fingerprint density at radius 1 is 1.10 bits per heavy atom. The van der Waals surface area contributed by atoms with Crippen LogP contribution in [0.15, 0.2) is 48.9 Å². The third-order valence-corrected chi connectivity index (χ3v) is 10.0. The van der Waals surface area contributed by atoms with Gasteiger partial charge in [-0.05, 0) is 42.9 Å². The Morgan fingerprint density at radius 3 is 2.69 bits per heavy atom. The zero-order chi connectivity index (χ0) is 32.9. The van der Waals surface area contributed by atoms with Crippen molar-refractivity contribution in [3.63, 3.8) is 0 Å². The fourth-order valence-corrected chi connectivity index (χ4v) is 7.49. The fraction of sp³-hybridized carbons (Fsp3) is 0.455. The van der Waals surface area contributed by atoms with E-state index in [1.807, 2.05) is 30.3 Å². The number of amides is 3. The molecule has 4 aliphatic heterocycles. The van der Waals surface area contributed by atoms with Crippen LogP contribution in [-0.4, -0.2) is 85.4 Å². The van der Waals surface area contributed by atoms with Crippen LogP contribution in [0.2, 0.25) is 0 Å². The van der Waals surface area contributed by atoms with Gasteiger partial charge in [-0.15, -0.1) is 0 Å². The summed E-state index contributed by atoms with van der Waals surface area (Å²) in [6.07, 6.45) is 5.00. The highest BCUT2D eigenvalue weighted by Gasteiger charge is 2.40. The predicted octanol–water partition coefficient (Wildman–Crippen LogP) is 3.45. The summed E-state index contributed by atoms with van der Waals surface area (Å²) in [4.78, 5) is 46.8. The minimum absolute atomic E-state index is 0.0416. The van der Waals surface area contributed by atoms with Crippen molar-refractivity contribution < 1.29 is 27.9 Å². The van der Waals surface area contributed by atoms with Crippen molar-refractivity contribution in [2.45, 2.75) is 69.2 Å². The van der Waals surface area contributed by atoms with Gasteiger partial charge in [0.1, 0.15) is 11.4 Å². The molecule has 0 aliphatic carbocycles. The number of anilines is 2. The van der Waals surface area contributed by atoms with Gasteiger partial charge in [0, 0.05) is 45.0 Å². The van der Waals surface area contributed by atoms with Gasteiger partial charge in [0.25, 0.3) is 12.3 Å².